The summed E-state index contributed by atoms with van der Waals surface area (Å²) in [6.07, 6.45) is 2.51. The first kappa shape index (κ1) is 17.4. The average Bonchev–Trinajstić information content (AvgIpc) is 3.03. The fourth-order valence-electron chi connectivity index (χ4n) is 3.96. The minimum atomic E-state index is 0. The molecule has 2 aliphatic rings. The summed E-state index contributed by atoms with van der Waals surface area (Å²) in [5, 5.41) is 0. The fourth-order valence-corrected chi connectivity index (χ4v) is 3.96. The lowest BCUT2D eigenvalue weighted by Crippen LogP contribution is -2.30. The van der Waals surface area contributed by atoms with Gasteiger partial charge in [-0.05, 0) is 54.9 Å². The fraction of sp³-hybridized carbons (Fsp3) is 0.647. The van der Waals surface area contributed by atoms with Crippen LogP contribution < -0.4 is 15.2 Å². The molecule has 1 aromatic rings. The van der Waals surface area contributed by atoms with Crippen molar-refractivity contribution in [3.8, 4) is 11.5 Å². The van der Waals surface area contributed by atoms with E-state index < -0.39 is 0 Å². The largest absolute Gasteiger partial charge is 0.493 e. The van der Waals surface area contributed by atoms with Crippen LogP contribution in [-0.2, 0) is 6.54 Å². The van der Waals surface area contributed by atoms with Crippen molar-refractivity contribution in [1.29, 1.82) is 0 Å². The molecular weight excluding hydrogens is 300 g/mol. The Morgan fingerprint density at radius 2 is 1.82 bits per heavy atom. The number of hydrogen-bond acceptors (Lipinski definition) is 4. The predicted octanol–water partition coefficient (Wildman–Crippen LogP) is 2.60. The molecule has 5 heteroatoms. The standard InChI is InChI=1S/C17H26N2O2.ClH/c1-11-6-16(20-2)17(21-3)7-13(11)9-19-8-12-4-5-15(18)14(12)10-19;/h6-7,12,14-15H,4-5,8-10,18H2,1-3H3;1H. The topological polar surface area (TPSA) is 47.7 Å². The summed E-state index contributed by atoms with van der Waals surface area (Å²) in [7, 11) is 3.37. The SMILES string of the molecule is COc1cc(C)c(CN2CC3CCC(N)C3C2)cc1OC.Cl. The van der Waals surface area contributed by atoms with Crippen molar-refractivity contribution >= 4 is 12.4 Å². The van der Waals surface area contributed by atoms with Gasteiger partial charge in [0.25, 0.3) is 0 Å². The number of ether oxygens (including phenoxy) is 2. The lowest BCUT2D eigenvalue weighted by atomic mass is 9.98. The van der Waals surface area contributed by atoms with Crippen molar-refractivity contribution in [3.05, 3.63) is 23.3 Å². The van der Waals surface area contributed by atoms with E-state index in [9.17, 15) is 0 Å². The Kier molecular flexibility index (Phi) is 5.59. The van der Waals surface area contributed by atoms with Crippen LogP contribution in [0.15, 0.2) is 12.1 Å². The number of nitrogens with two attached hydrogens (primary N) is 1. The molecule has 1 heterocycles. The third-order valence-electron chi connectivity index (χ3n) is 5.22. The number of rotatable bonds is 4. The van der Waals surface area contributed by atoms with E-state index in [1.54, 1.807) is 14.2 Å². The van der Waals surface area contributed by atoms with E-state index in [2.05, 4.69) is 24.0 Å². The van der Waals surface area contributed by atoms with Crippen molar-refractivity contribution in [2.24, 2.45) is 17.6 Å². The van der Waals surface area contributed by atoms with Crippen LogP contribution in [0.2, 0.25) is 0 Å². The van der Waals surface area contributed by atoms with E-state index >= 15 is 0 Å². The summed E-state index contributed by atoms with van der Waals surface area (Å²) >= 11 is 0. The quantitative estimate of drug-likeness (QED) is 0.924. The third kappa shape index (κ3) is 3.19. The van der Waals surface area contributed by atoms with E-state index in [-0.39, 0.29) is 12.4 Å². The van der Waals surface area contributed by atoms with E-state index in [0.29, 0.717) is 12.0 Å². The van der Waals surface area contributed by atoms with Crippen LogP contribution in [-0.4, -0.2) is 38.3 Å². The first-order chi connectivity index (χ1) is 10.1. The summed E-state index contributed by atoms with van der Waals surface area (Å²) in [5.74, 6) is 3.12. The molecule has 124 valence electrons. The Bertz CT molecular complexity index is 524. The van der Waals surface area contributed by atoms with Gasteiger partial charge in [0.1, 0.15) is 0 Å². The van der Waals surface area contributed by atoms with Gasteiger partial charge in [-0.25, -0.2) is 0 Å². The molecule has 3 atom stereocenters. The van der Waals surface area contributed by atoms with Gasteiger partial charge in [-0.1, -0.05) is 0 Å². The normalized spacial score (nSPS) is 27.4. The van der Waals surface area contributed by atoms with E-state index in [1.807, 2.05) is 0 Å². The van der Waals surface area contributed by atoms with Crippen molar-refractivity contribution in [2.75, 3.05) is 27.3 Å². The summed E-state index contributed by atoms with van der Waals surface area (Å²) in [5.41, 5.74) is 8.80. The third-order valence-corrected chi connectivity index (χ3v) is 5.22. The highest BCUT2D eigenvalue weighted by atomic mass is 35.5. The zero-order chi connectivity index (χ0) is 15.0. The summed E-state index contributed by atoms with van der Waals surface area (Å²) < 4.78 is 10.8. The highest BCUT2D eigenvalue weighted by Crippen LogP contribution is 2.38. The summed E-state index contributed by atoms with van der Waals surface area (Å²) in [6.45, 7) is 5.44. The number of fused-ring (bicyclic) bond motifs is 1. The van der Waals surface area contributed by atoms with Gasteiger partial charge in [-0.3, -0.25) is 4.90 Å². The molecule has 22 heavy (non-hydrogen) atoms. The first-order valence-corrected chi connectivity index (χ1v) is 7.81. The van der Waals surface area contributed by atoms with Gasteiger partial charge in [-0.2, -0.15) is 0 Å². The molecule has 0 bridgehead atoms. The molecule has 0 aromatic heterocycles. The van der Waals surface area contributed by atoms with Crippen LogP contribution in [0.4, 0.5) is 0 Å². The minimum Gasteiger partial charge on any atom is -0.493 e. The number of halogens is 1. The second-order valence-electron chi connectivity index (χ2n) is 6.49. The average molecular weight is 327 g/mol. The molecule has 1 saturated carbocycles. The summed E-state index contributed by atoms with van der Waals surface area (Å²) in [4.78, 5) is 2.54. The van der Waals surface area contributed by atoms with Gasteiger partial charge < -0.3 is 15.2 Å². The molecule has 0 amide bonds. The lowest BCUT2D eigenvalue weighted by Gasteiger charge is -2.20. The van der Waals surface area contributed by atoms with Crippen molar-refractivity contribution in [2.45, 2.75) is 32.4 Å². The molecule has 3 rings (SSSR count). The van der Waals surface area contributed by atoms with E-state index in [4.69, 9.17) is 15.2 Å². The molecule has 4 nitrogen and oxygen atoms in total. The van der Waals surface area contributed by atoms with Crippen molar-refractivity contribution < 1.29 is 9.47 Å². The van der Waals surface area contributed by atoms with Crippen molar-refractivity contribution in [3.63, 3.8) is 0 Å². The van der Waals surface area contributed by atoms with Gasteiger partial charge >= 0.3 is 0 Å². The molecule has 3 unspecified atom stereocenters. The number of benzene rings is 1. The van der Waals surface area contributed by atoms with Gasteiger partial charge in [0.2, 0.25) is 0 Å². The van der Waals surface area contributed by atoms with Crippen LogP contribution in [0, 0.1) is 18.8 Å². The molecule has 2 fully saturated rings. The Morgan fingerprint density at radius 1 is 1.14 bits per heavy atom. The monoisotopic (exact) mass is 326 g/mol. The highest BCUT2D eigenvalue weighted by Gasteiger charge is 2.40. The second kappa shape index (κ2) is 7.07. The van der Waals surface area contributed by atoms with E-state index in [1.165, 1.54) is 30.5 Å². The molecule has 1 aliphatic carbocycles. The molecule has 1 aliphatic heterocycles. The summed E-state index contributed by atoms with van der Waals surface area (Å²) in [6, 6.07) is 4.59. The number of nitrogens with zero attached hydrogens (tertiary/aromatic N) is 1. The minimum absolute atomic E-state index is 0. The van der Waals surface area contributed by atoms with Crippen LogP contribution in [0.25, 0.3) is 0 Å². The molecule has 1 aromatic carbocycles. The number of aryl methyl sites for hydroxylation is 1. The molecular formula is C17H27ClN2O2. The van der Waals surface area contributed by atoms with Crippen molar-refractivity contribution in [1.82, 2.24) is 4.90 Å². The second-order valence-corrected chi connectivity index (χ2v) is 6.49. The molecule has 2 N–H and O–H groups in total. The zero-order valence-electron chi connectivity index (χ0n) is 13.7. The predicted molar refractivity (Wildman–Crippen MR) is 91.0 cm³/mol. The highest BCUT2D eigenvalue weighted by molar-refractivity contribution is 5.85. The Labute approximate surface area is 139 Å². The maximum atomic E-state index is 6.23. The Morgan fingerprint density at radius 3 is 2.45 bits per heavy atom. The molecule has 0 spiro atoms. The number of methoxy groups -OCH3 is 2. The smallest absolute Gasteiger partial charge is 0.161 e. The molecule has 1 saturated heterocycles. The maximum Gasteiger partial charge on any atom is 0.161 e. The maximum absolute atomic E-state index is 6.23. The van der Waals surface area contributed by atoms with Gasteiger partial charge in [0.05, 0.1) is 14.2 Å². The first-order valence-electron chi connectivity index (χ1n) is 7.81. The van der Waals surface area contributed by atoms with Gasteiger partial charge in [0, 0.05) is 25.7 Å². The number of likely N-dealkylation sites (tertiary alicyclic amines) is 1. The lowest BCUT2D eigenvalue weighted by molar-refractivity contribution is 0.296. The van der Waals surface area contributed by atoms with Crippen LogP contribution in [0.3, 0.4) is 0 Å². The number of hydrogen-bond donors (Lipinski definition) is 1. The van der Waals surface area contributed by atoms with Gasteiger partial charge in [-0.15, -0.1) is 12.4 Å². The Hall–Kier alpha value is -0.970. The van der Waals surface area contributed by atoms with Crippen LogP contribution >= 0.6 is 12.4 Å². The molecule has 0 radical (unpaired) electrons. The van der Waals surface area contributed by atoms with Crippen LogP contribution in [0.5, 0.6) is 11.5 Å². The zero-order valence-corrected chi connectivity index (χ0v) is 14.5. The van der Waals surface area contributed by atoms with Gasteiger partial charge in [0.15, 0.2) is 11.5 Å². The Balaban J connectivity index is 0.00000176. The van der Waals surface area contributed by atoms with E-state index in [0.717, 1.165) is 30.5 Å². The van der Waals surface area contributed by atoms with Crippen LogP contribution in [0.1, 0.15) is 24.0 Å².